The molecule has 2 heterocycles. The Balaban J connectivity index is 2.94. The first kappa shape index (κ1) is 7.14. The number of hydrogen-bond donors (Lipinski definition) is 0. The summed E-state index contributed by atoms with van der Waals surface area (Å²) in [5, 5.41) is 9.19. The molecule has 3 nitrogen and oxygen atoms in total. The van der Waals surface area contributed by atoms with Crippen molar-refractivity contribution in [2.75, 3.05) is 0 Å². The van der Waals surface area contributed by atoms with E-state index in [0.717, 1.165) is 0 Å². The van der Waals surface area contributed by atoms with Crippen LogP contribution in [0.2, 0.25) is 5.02 Å². The molecule has 0 aliphatic rings. The topological polar surface area (TPSA) is 41.1 Å². The lowest BCUT2D eigenvalue weighted by atomic mass is 10.3. The summed E-state index contributed by atoms with van der Waals surface area (Å²) in [6.07, 6.45) is 5.17. The van der Waals surface area contributed by atoms with Crippen LogP contribution in [-0.2, 0) is 0 Å². The molecule has 0 fully saturated rings. The molecule has 0 saturated carbocycles. The van der Waals surface area contributed by atoms with Crippen molar-refractivity contribution in [3.63, 3.8) is 0 Å². The summed E-state index contributed by atoms with van der Waals surface area (Å²) in [5.74, 6) is 0. The molecule has 2 aromatic rings. The lowest BCUT2D eigenvalue weighted by Gasteiger charge is -1.96. The lowest BCUT2D eigenvalue weighted by Crippen LogP contribution is -1.87. The number of halogens is 1. The zero-order valence-electron chi connectivity index (χ0n) is 6.03. The van der Waals surface area contributed by atoms with Gasteiger partial charge in [-0.25, -0.2) is 4.98 Å². The standard InChI is InChI=1S/C8H4ClN3/c9-7-1-3-12-4-2-11-8(12)6(7)5-10/h1-4H. The number of nitriles is 1. The van der Waals surface area contributed by atoms with E-state index in [2.05, 4.69) is 4.98 Å². The minimum absolute atomic E-state index is 0.421. The molecule has 58 valence electrons. The first-order valence-corrected chi connectivity index (χ1v) is 3.72. The number of imidazole rings is 1. The van der Waals surface area contributed by atoms with Gasteiger partial charge in [0.2, 0.25) is 0 Å². The lowest BCUT2D eigenvalue weighted by molar-refractivity contribution is 1.18. The number of fused-ring (bicyclic) bond motifs is 1. The van der Waals surface area contributed by atoms with Gasteiger partial charge in [0.05, 0.1) is 5.02 Å². The zero-order valence-corrected chi connectivity index (χ0v) is 6.78. The van der Waals surface area contributed by atoms with Gasteiger partial charge in [-0.15, -0.1) is 0 Å². The van der Waals surface area contributed by atoms with Crippen molar-refractivity contribution in [3.8, 4) is 6.07 Å². The van der Waals surface area contributed by atoms with Crippen molar-refractivity contribution in [1.82, 2.24) is 9.38 Å². The fourth-order valence-corrected chi connectivity index (χ4v) is 1.25. The predicted octanol–water partition coefficient (Wildman–Crippen LogP) is 1.86. The van der Waals surface area contributed by atoms with E-state index in [1.807, 2.05) is 6.07 Å². The smallest absolute Gasteiger partial charge is 0.156 e. The Hall–Kier alpha value is -1.53. The highest BCUT2D eigenvalue weighted by Gasteiger charge is 2.05. The minimum atomic E-state index is 0.421. The summed E-state index contributed by atoms with van der Waals surface area (Å²) in [5.41, 5.74) is 1.02. The second-order valence-electron chi connectivity index (χ2n) is 2.31. The molecule has 0 N–H and O–H groups in total. The monoisotopic (exact) mass is 177 g/mol. The van der Waals surface area contributed by atoms with Gasteiger partial charge < -0.3 is 4.40 Å². The van der Waals surface area contributed by atoms with Crippen LogP contribution in [0, 0.1) is 11.3 Å². The van der Waals surface area contributed by atoms with Gasteiger partial charge in [0, 0.05) is 18.6 Å². The third-order valence-corrected chi connectivity index (χ3v) is 1.94. The summed E-state index contributed by atoms with van der Waals surface area (Å²) in [4.78, 5) is 4.01. The summed E-state index contributed by atoms with van der Waals surface area (Å²) in [7, 11) is 0. The first-order chi connectivity index (χ1) is 5.83. The third kappa shape index (κ3) is 0.858. The van der Waals surface area contributed by atoms with Crippen LogP contribution in [0.5, 0.6) is 0 Å². The van der Waals surface area contributed by atoms with E-state index in [1.165, 1.54) is 0 Å². The Morgan fingerprint density at radius 2 is 2.33 bits per heavy atom. The molecule has 12 heavy (non-hydrogen) atoms. The SMILES string of the molecule is N#Cc1c(Cl)ccn2ccnc12. The first-order valence-electron chi connectivity index (χ1n) is 3.34. The van der Waals surface area contributed by atoms with Crippen LogP contribution in [0.25, 0.3) is 5.65 Å². The predicted molar refractivity (Wildman–Crippen MR) is 44.9 cm³/mol. The average molecular weight is 178 g/mol. The van der Waals surface area contributed by atoms with Crippen LogP contribution in [0.1, 0.15) is 5.56 Å². The van der Waals surface area contributed by atoms with E-state index in [0.29, 0.717) is 16.2 Å². The molecule has 0 bridgehead atoms. The Kier molecular flexibility index (Phi) is 1.49. The second kappa shape index (κ2) is 2.50. The highest BCUT2D eigenvalue weighted by Crippen LogP contribution is 2.18. The van der Waals surface area contributed by atoms with Crippen LogP contribution in [0.4, 0.5) is 0 Å². The van der Waals surface area contributed by atoms with Gasteiger partial charge in [-0.3, -0.25) is 0 Å². The van der Waals surface area contributed by atoms with Crippen LogP contribution in [-0.4, -0.2) is 9.38 Å². The molecule has 4 heteroatoms. The molecule has 0 saturated heterocycles. The maximum atomic E-state index is 8.75. The summed E-state index contributed by atoms with van der Waals surface area (Å²) in [6, 6.07) is 3.68. The molecule has 0 aliphatic carbocycles. The van der Waals surface area contributed by atoms with Crippen molar-refractivity contribution in [2.45, 2.75) is 0 Å². The molecule has 0 aliphatic heterocycles. The largest absolute Gasteiger partial charge is 0.306 e. The fourth-order valence-electron chi connectivity index (χ4n) is 1.07. The Morgan fingerprint density at radius 1 is 1.50 bits per heavy atom. The molecule has 0 radical (unpaired) electrons. The number of nitrogens with zero attached hydrogens (tertiary/aromatic N) is 3. The highest BCUT2D eigenvalue weighted by atomic mass is 35.5. The second-order valence-corrected chi connectivity index (χ2v) is 2.72. The van der Waals surface area contributed by atoms with E-state index >= 15 is 0 Å². The van der Waals surface area contributed by atoms with Gasteiger partial charge in [0.25, 0.3) is 0 Å². The minimum Gasteiger partial charge on any atom is -0.306 e. The molecule has 2 aromatic heterocycles. The Labute approximate surface area is 73.8 Å². The summed E-state index contributed by atoms with van der Waals surface area (Å²) < 4.78 is 1.75. The maximum Gasteiger partial charge on any atom is 0.156 e. The van der Waals surface area contributed by atoms with Gasteiger partial charge in [-0.1, -0.05) is 11.6 Å². The van der Waals surface area contributed by atoms with Crippen molar-refractivity contribution >= 4 is 17.2 Å². The molecule has 0 amide bonds. The van der Waals surface area contributed by atoms with Crippen molar-refractivity contribution < 1.29 is 0 Å². The van der Waals surface area contributed by atoms with Gasteiger partial charge in [-0.05, 0) is 6.07 Å². The summed E-state index contributed by atoms with van der Waals surface area (Å²) >= 11 is 5.78. The number of rotatable bonds is 0. The Morgan fingerprint density at radius 3 is 3.08 bits per heavy atom. The van der Waals surface area contributed by atoms with Gasteiger partial charge >= 0.3 is 0 Å². The normalized spacial score (nSPS) is 10.0. The summed E-state index contributed by atoms with van der Waals surface area (Å²) in [6.45, 7) is 0. The number of pyridine rings is 1. The fraction of sp³-hybridized carbons (Fsp3) is 0. The zero-order chi connectivity index (χ0) is 8.55. The number of hydrogen-bond acceptors (Lipinski definition) is 2. The van der Waals surface area contributed by atoms with Gasteiger partial charge in [0.15, 0.2) is 5.65 Å². The van der Waals surface area contributed by atoms with E-state index in [9.17, 15) is 0 Å². The van der Waals surface area contributed by atoms with E-state index in [4.69, 9.17) is 16.9 Å². The molecule has 0 aromatic carbocycles. The average Bonchev–Trinajstić information content (AvgIpc) is 2.52. The van der Waals surface area contributed by atoms with Crippen LogP contribution >= 0.6 is 11.6 Å². The third-order valence-electron chi connectivity index (χ3n) is 1.62. The molecule has 0 atom stereocenters. The molecule has 2 rings (SSSR count). The van der Waals surface area contributed by atoms with Crippen molar-refractivity contribution in [1.29, 1.82) is 5.26 Å². The van der Waals surface area contributed by atoms with Crippen LogP contribution < -0.4 is 0 Å². The Bertz CT molecular complexity index is 467. The van der Waals surface area contributed by atoms with Crippen LogP contribution in [0.15, 0.2) is 24.7 Å². The van der Waals surface area contributed by atoms with E-state index < -0.39 is 0 Å². The van der Waals surface area contributed by atoms with Gasteiger partial charge in [0.1, 0.15) is 11.6 Å². The molecular formula is C8H4ClN3. The van der Waals surface area contributed by atoms with Gasteiger partial charge in [-0.2, -0.15) is 5.26 Å². The van der Waals surface area contributed by atoms with Crippen molar-refractivity contribution in [3.05, 3.63) is 35.2 Å². The molecule has 0 unspecified atom stereocenters. The quantitative estimate of drug-likeness (QED) is 0.616. The van der Waals surface area contributed by atoms with E-state index in [1.54, 1.807) is 29.1 Å². The number of aromatic nitrogens is 2. The maximum absolute atomic E-state index is 8.75. The van der Waals surface area contributed by atoms with Crippen LogP contribution in [0.3, 0.4) is 0 Å². The van der Waals surface area contributed by atoms with Crippen molar-refractivity contribution in [2.24, 2.45) is 0 Å². The van der Waals surface area contributed by atoms with E-state index in [-0.39, 0.29) is 0 Å². The molecule has 0 spiro atoms. The molecular weight excluding hydrogens is 174 g/mol. The highest BCUT2D eigenvalue weighted by molar-refractivity contribution is 6.32.